The molecule has 1 aliphatic rings. The van der Waals surface area contributed by atoms with Crippen LogP contribution in [0, 0.1) is 17.5 Å². The molecule has 1 aliphatic heterocycles. The lowest BCUT2D eigenvalue weighted by Gasteiger charge is -2.10. The summed E-state index contributed by atoms with van der Waals surface area (Å²) in [5.74, 6) is -6.01. The second-order valence-electron chi connectivity index (χ2n) is 5.14. The van der Waals surface area contributed by atoms with Crippen molar-refractivity contribution in [3.05, 3.63) is 59.4 Å². The Morgan fingerprint density at radius 1 is 1.13 bits per heavy atom. The minimum Gasteiger partial charge on any atom is -0.326 e. The minimum absolute atomic E-state index is 0.191. The summed E-state index contributed by atoms with van der Waals surface area (Å²) in [5, 5.41) is 4.92. The number of carbonyl (C=O) groups is 2. The number of hydrogen-bond acceptors (Lipinski definition) is 2. The number of anilines is 2. The largest absolute Gasteiger partial charge is 0.326 e. The molecule has 4 nitrogen and oxygen atoms in total. The van der Waals surface area contributed by atoms with Crippen molar-refractivity contribution in [3.63, 3.8) is 0 Å². The van der Waals surface area contributed by atoms with Gasteiger partial charge in [0.1, 0.15) is 0 Å². The molecule has 0 aromatic heterocycles. The van der Waals surface area contributed by atoms with Crippen molar-refractivity contribution in [1.82, 2.24) is 0 Å². The number of para-hydroxylation sites is 1. The third kappa shape index (κ3) is 2.90. The molecule has 1 atom stereocenters. The maximum atomic E-state index is 13.1. The second-order valence-corrected chi connectivity index (χ2v) is 5.14. The summed E-state index contributed by atoms with van der Waals surface area (Å²) in [7, 11) is 0. The van der Waals surface area contributed by atoms with E-state index in [0.29, 0.717) is 23.4 Å². The Morgan fingerprint density at radius 2 is 1.78 bits per heavy atom. The summed E-state index contributed by atoms with van der Waals surface area (Å²) < 4.78 is 39.1. The molecule has 2 aromatic rings. The van der Waals surface area contributed by atoms with Crippen molar-refractivity contribution in [1.29, 1.82) is 0 Å². The van der Waals surface area contributed by atoms with E-state index in [1.165, 1.54) is 0 Å². The molecule has 23 heavy (non-hydrogen) atoms. The van der Waals surface area contributed by atoms with E-state index in [4.69, 9.17) is 0 Å². The molecule has 7 heteroatoms. The van der Waals surface area contributed by atoms with E-state index in [1.807, 2.05) is 0 Å². The van der Waals surface area contributed by atoms with Gasteiger partial charge in [0.2, 0.25) is 11.8 Å². The van der Waals surface area contributed by atoms with Gasteiger partial charge in [-0.3, -0.25) is 9.59 Å². The van der Waals surface area contributed by atoms with Crippen LogP contribution in [0.2, 0.25) is 0 Å². The number of nitrogens with one attached hydrogen (secondary N) is 2. The highest BCUT2D eigenvalue weighted by atomic mass is 19.2. The van der Waals surface area contributed by atoms with Gasteiger partial charge in [0.05, 0.1) is 5.92 Å². The van der Waals surface area contributed by atoms with Crippen molar-refractivity contribution < 1.29 is 22.8 Å². The molecule has 0 saturated carbocycles. The molecule has 0 fully saturated rings. The molecule has 118 valence electrons. The molecule has 0 unspecified atom stereocenters. The Kier molecular flexibility index (Phi) is 3.77. The van der Waals surface area contributed by atoms with E-state index in [9.17, 15) is 22.8 Å². The number of benzene rings is 2. The van der Waals surface area contributed by atoms with Gasteiger partial charge in [-0.2, -0.15) is 0 Å². The van der Waals surface area contributed by atoms with Gasteiger partial charge in [-0.05, 0) is 11.6 Å². The fourth-order valence-corrected chi connectivity index (χ4v) is 2.50. The predicted octanol–water partition coefficient (Wildman–Crippen LogP) is 3.17. The van der Waals surface area contributed by atoms with Crippen LogP contribution in [-0.4, -0.2) is 11.8 Å². The van der Waals surface area contributed by atoms with Crippen LogP contribution in [0.25, 0.3) is 0 Å². The fraction of sp³-hybridized carbons (Fsp3) is 0.125. The lowest BCUT2D eigenvalue weighted by atomic mass is 9.97. The zero-order valence-corrected chi connectivity index (χ0v) is 11.7. The summed E-state index contributed by atoms with van der Waals surface area (Å²) in [4.78, 5) is 23.9. The van der Waals surface area contributed by atoms with Crippen LogP contribution in [0.1, 0.15) is 17.9 Å². The van der Waals surface area contributed by atoms with E-state index in [0.717, 1.165) is 0 Å². The molecule has 2 aromatic carbocycles. The molecule has 1 heterocycles. The maximum Gasteiger partial charge on any atom is 0.232 e. The zero-order chi connectivity index (χ0) is 16.6. The van der Waals surface area contributed by atoms with Gasteiger partial charge in [0, 0.05) is 29.9 Å². The average molecular weight is 320 g/mol. The van der Waals surface area contributed by atoms with Crippen LogP contribution in [0.3, 0.4) is 0 Å². The first-order chi connectivity index (χ1) is 11.0. The Balaban J connectivity index is 1.74. The molecule has 0 bridgehead atoms. The fourth-order valence-electron chi connectivity index (χ4n) is 2.50. The number of amides is 2. The SMILES string of the molecule is O=C(C[C@@H]1C(=O)Nc2ccccc21)Nc1cc(F)c(F)c(F)c1. The summed E-state index contributed by atoms with van der Waals surface area (Å²) in [5.41, 5.74) is 1.11. The molecule has 0 saturated heterocycles. The lowest BCUT2D eigenvalue weighted by molar-refractivity contribution is -0.122. The Morgan fingerprint density at radius 3 is 2.48 bits per heavy atom. The monoisotopic (exact) mass is 320 g/mol. The number of carbonyl (C=O) groups excluding carboxylic acids is 2. The van der Waals surface area contributed by atoms with Gasteiger partial charge in [0.15, 0.2) is 17.5 Å². The quantitative estimate of drug-likeness (QED) is 0.854. The first-order valence-electron chi connectivity index (χ1n) is 6.80. The predicted molar refractivity (Wildman–Crippen MR) is 77.4 cm³/mol. The number of halogens is 3. The van der Waals surface area contributed by atoms with Crippen LogP contribution in [0.4, 0.5) is 24.5 Å². The summed E-state index contributed by atoms with van der Waals surface area (Å²) >= 11 is 0. The first kappa shape index (κ1) is 15.1. The molecule has 2 N–H and O–H groups in total. The number of rotatable bonds is 3. The van der Waals surface area contributed by atoms with E-state index in [-0.39, 0.29) is 18.0 Å². The Bertz CT molecular complexity index is 785. The van der Waals surface area contributed by atoms with Crippen LogP contribution in [0.15, 0.2) is 36.4 Å². The van der Waals surface area contributed by atoms with Crippen molar-refractivity contribution in [3.8, 4) is 0 Å². The van der Waals surface area contributed by atoms with Gasteiger partial charge in [-0.25, -0.2) is 13.2 Å². The van der Waals surface area contributed by atoms with E-state index < -0.39 is 29.3 Å². The van der Waals surface area contributed by atoms with Gasteiger partial charge in [0.25, 0.3) is 0 Å². The second kappa shape index (κ2) is 5.75. The van der Waals surface area contributed by atoms with Crippen LogP contribution in [0.5, 0.6) is 0 Å². The normalized spacial score (nSPS) is 16.0. The molecule has 2 amide bonds. The number of hydrogen-bond donors (Lipinski definition) is 2. The van der Waals surface area contributed by atoms with Gasteiger partial charge >= 0.3 is 0 Å². The van der Waals surface area contributed by atoms with Crippen molar-refractivity contribution in [2.45, 2.75) is 12.3 Å². The number of fused-ring (bicyclic) bond motifs is 1. The topological polar surface area (TPSA) is 58.2 Å². The standard InChI is InChI=1S/C16H11F3N2O2/c17-11-5-8(6-12(18)15(11)19)20-14(22)7-10-9-3-1-2-4-13(9)21-16(10)23/h1-6,10H,7H2,(H,20,22)(H,21,23)/t10-/m0/s1. The minimum atomic E-state index is -1.60. The van der Waals surface area contributed by atoms with Crippen molar-refractivity contribution in [2.24, 2.45) is 0 Å². The van der Waals surface area contributed by atoms with Crippen LogP contribution >= 0.6 is 0 Å². The smallest absolute Gasteiger partial charge is 0.232 e. The lowest BCUT2D eigenvalue weighted by Crippen LogP contribution is -2.20. The third-order valence-corrected chi connectivity index (χ3v) is 3.57. The average Bonchev–Trinajstić information content (AvgIpc) is 2.81. The van der Waals surface area contributed by atoms with Crippen LogP contribution in [-0.2, 0) is 9.59 Å². The van der Waals surface area contributed by atoms with Gasteiger partial charge in [-0.15, -0.1) is 0 Å². The molecule has 0 spiro atoms. The van der Waals surface area contributed by atoms with Crippen molar-refractivity contribution in [2.75, 3.05) is 10.6 Å². The van der Waals surface area contributed by atoms with E-state index >= 15 is 0 Å². The Labute approximate surface area is 129 Å². The van der Waals surface area contributed by atoms with Gasteiger partial charge < -0.3 is 10.6 Å². The Hall–Kier alpha value is -2.83. The summed E-state index contributed by atoms with van der Waals surface area (Å²) in [6.07, 6.45) is -0.191. The molecule has 0 radical (unpaired) electrons. The van der Waals surface area contributed by atoms with Crippen molar-refractivity contribution >= 4 is 23.2 Å². The molecular formula is C16H11F3N2O2. The first-order valence-corrected chi connectivity index (χ1v) is 6.80. The van der Waals surface area contributed by atoms with E-state index in [2.05, 4.69) is 10.6 Å². The third-order valence-electron chi connectivity index (χ3n) is 3.57. The highest BCUT2D eigenvalue weighted by Gasteiger charge is 2.31. The highest BCUT2D eigenvalue weighted by molar-refractivity contribution is 6.06. The maximum absolute atomic E-state index is 13.1. The van der Waals surface area contributed by atoms with Crippen LogP contribution < -0.4 is 10.6 Å². The zero-order valence-electron chi connectivity index (χ0n) is 11.7. The highest BCUT2D eigenvalue weighted by Crippen LogP contribution is 2.34. The molecular weight excluding hydrogens is 309 g/mol. The summed E-state index contributed by atoms with van der Waals surface area (Å²) in [6, 6.07) is 8.30. The summed E-state index contributed by atoms with van der Waals surface area (Å²) in [6.45, 7) is 0. The van der Waals surface area contributed by atoms with Gasteiger partial charge in [-0.1, -0.05) is 18.2 Å². The van der Waals surface area contributed by atoms with E-state index in [1.54, 1.807) is 24.3 Å². The molecule has 0 aliphatic carbocycles. The molecule has 3 rings (SSSR count).